The monoisotopic (exact) mass is 346 g/mol. The first kappa shape index (κ1) is 14.3. The number of nitrogens with one attached hydrogen (secondary N) is 2. The minimum atomic E-state index is -0.245. The van der Waals surface area contributed by atoms with Gasteiger partial charge in [-0.05, 0) is 24.8 Å². The lowest BCUT2D eigenvalue weighted by atomic mass is 10.1. The summed E-state index contributed by atoms with van der Waals surface area (Å²) < 4.78 is 13.6. The molecule has 2 fully saturated rings. The van der Waals surface area contributed by atoms with Crippen molar-refractivity contribution in [3.63, 3.8) is 0 Å². The lowest BCUT2D eigenvalue weighted by Crippen LogP contribution is -2.48. The standard InChI is InChI=1S/C17H23N5O3/c23-16-12-10-21(4-3-20-5-7-25-8-6-20)17(24)15(12)18-14-9-13(11-1-2-11)19-22(14)16/h9,11,13,18-19H,1-8,10H2/i/hD. The normalized spacial score (nSPS) is 31.1. The van der Waals surface area contributed by atoms with Crippen molar-refractivity contribution in [3.05, 3.63) is 23.2 Å². The van der Waals surface area contributed by atoms with Gasteiger partial charge in [-0.2, -0.15) is 0 Å². The van der Waals surface area contributed by atoms with Crippen molar-refractivity contribution < 1.29 is 15.7 Å². The number of nitrogens with zero attached hydrogens (tertiary/aromatic N) is 3. The molecule has 4 aliphatic heterocycles. The van der Waals surface area contributed by atoms with E-state index in [9.17, 15) is 9.59 Å². The quantitative estimate of drug-likeness (QED) is 0.679. The number of morpholine rings is 1. The zero-order valence-electron chi connectivity index (χ0n) is 15.1. The molecule has 2 amide bonds. The third-order valence-corrected chi connectivity index (χ3v) is 5.56. The van der Waals surface area contributed by atoms with E-state index in [1.165, 1.54) is 10.4 Å². The summed E-state index contributed by atoms with van der Waals surface area (Å²) in [5.74, 6) is 0.638. The van der Waals surface area contributed by atoms with E-state index in [-0.39, 0.29) is 17.9 Å². The third-order valence-electron chi connectivity index (χ3n) is 5.56. The van der Waals surface area contributed by atoms with Crippen LogP contribution >= 0.6 is 0 Å². The van der Waals surface area contributed by atoms with Crippen LogP contribution < -0.4 is 10.7 Å². The molecule has 0 aromatic rings. The first-order valence-corrected chi connectivity index (χ1v) is 9.07. The van der Waals surface area contributed by atoms with Crippen molar-refractivity contribution in [2.75, 3.05) is 45.9 Å². The van der Waals surface area contributed by atoms with Gasteiger partial charge in [-0.1, -0.05) is 0 Å². The van der Waals surface area contributed by atoms with Crippen LogP contribution in [0.25, 0.3) is 0 Å². The number of carbonyl (C=O) groups excluding carboxylic acids is 2. The summed E-state index contributed by atoms with van der Waals surface area (Å²) in [5, 5.41) is 4.50. The van der Waals surface area contributed by atoms with Gasteiger partial charge in [0.25, 0.3) is 11.8 Å². The van der Waals surface area contributed by atoms with Gasteiger partial charge in [-0.25, -0.2) is 10.4 Å². The second-order valence-electron chi connectivity index (χ2n) is 7.27. The van der Waals surface area contributed by atoms with Gasteiger partial charge in [0, 0.05) is 26.2 Å². The van der Waals surface area contributed by atoms with Crippen LogP contribution in [0.2, 0.25) is 1.41 Å². The molecule has 0 aromatic heterocycles. The van der Waals surface area contributed by atoms with Gasteiger partial charge in [0.05, 0.1) is 31.4 Å². The van der Waals surface area contributed by atoms with Gasteiger partial charge in [-0.3, -0.25) is 14.5 Å². The van der Waals surface area contributed by atoms with E-state index in [4.69, 9.17) is 6.15 Å². The molecule has 0 bridgehead atoms. The predicted octanol–water partition coefficient (Wildman–Crippen LogP) is -1.02. The maximum absolute atomic E-state index is 12.9. The van der Waals surface area contributed by atoms with Crippen LogP contribution in [-0.4, -0.2) is 78.6 Å². The van der Waals surface area contributed by atoms with Gasteiger partial charge in [0.15, 0.2) is 0 Å². The molecule has 1 atom stereocenters. The highest BCUT2D eigenvalue weighted by Crippen LogP contribution is 2.37. The van der Waals surface area contributed by atoms with E-state index in [0.29, 0.717) is 36.1 Å². The number of hydrogen-bond donors (Lipinski definition) is 2. The zero-order valence-corrected chi connectivity index (χ0v) is 14.1. The average molecular weight is 346 g/mol. The van der Waals surface area contributed by atoms with Crippen molar-refractivity contribution in [1.29, 1.82) is 0 Å². The molecule has 25 heavy (non-hydrogen) atoms. The fourth-order valence-electron chi connectivity index (χ4n) is 3.84. The maximum atomic E-state index is 12.9. The third kappa shape index (κ3) is 2.65. The predicted molar refractivity (Wildman–Crippen MR) is 88.6 cm³/mol. The number of ether oxygens (including phenoxy) is 1. The molecule has 1 unspecified atom stereocenters. The molecule has 1 saturated carbocycles. The van der Waals surface area contributed by atoms with E-state index < -0.39 is 0 Å². The second kappa shape index (κ2) is 5.82. The molecule has 0 radical (unpaired) electrons. The van der Waals surface area contributed by atoms with Gasteiger partial charge in [-0.15, -0.1) is 0 Å². The fraction of sp³-hybridized carbons (Fsp3) is 0.647. The van der Waals surface area contributed by atoms with Crippen LogP contribution in [0.4, 0.5) is 0 Å². The number of fused-ring (bicyclic) bond motifs is 1. The molecule has 134 valence electrons. The Morgan fingerprint density at radius 3 is 2.76 bits per heavy atom. The van der Waals surface area contributed by atoms with Crippen LogP contribution in [0.5, 0.6) is 0 Å². The molecule has 1 aliphatic carbocycles. The first-order valence-electron chi connectivity index (χ1n) is 9.52. The molecule has 2 N–H and O–H groups in total. The number of hydrogen-bond acceptors (Lipinski definition) is 6. The summed E-state index contributed by atoms with van der Waals surface area (Å²) in [5.41, 5.74) is 2.14. The Hall–Kier alpha value is -1.90. The Balaban J connectivity index is 1.28. The molecule has 8 nitrogen and oxygen atoms in total. The van der Waals surface area contributed by atoms with Crippen molar-refractivity contribution >= 4 is 11.8 Å². The molecule has 1 saturated heterocycles. The lowest BCUT2D eigenvalue weighted by molar-refractivity contribution is -0.129. The van der Waals surface area contributed by atoms with E-state index in [2.05, 4.69) is 10.2 Å². The zero-order chi connectivity index (χ0) is 17.8. The Kier molecular flexibility index (Phi) is 3.33. The molecule has 8 heteroatoms. The topological polar surface area (TPSA) is 77.1 Å². The van der Waals surface area contributed by atoms with Crippen LogP contribution in [-0.2, 0) is 14.3 Å². The number of hydrazine groups is 1. The van der Waals surface area contributed by atoms with Gasteiger partial charge in [0.2, 0.25) is 0 Å². The molecule has 0 spiro atoms. The first-order chi connectivity index (χ1) is 12.6. The highest BCUT2D eigenvalue weighted by atomic mass is 16.5. The number of carbonyl (C=O) groups is 2. The van der Waals surface area contributed by atoms with E-state index in [0.717, 1.165) is 45.7 Å². The summed E-state index contributed by atoms with van der Waals surface area (Å²) in [6, 6.07) is -0.0750. The summed E-state index contributed by atoms with van der Waals surface area (Å²) >= 11 is 0. The minimum absolute atomic E-state index is 0.0750. The summed E-state index contributed by atoms with van der Waals surface area (Å²) in [6.07, 6.45) is 4.09. The SMILES string of the molecule is [2H]N1C(C2CC2)C=C2NC3=C(CN(CCN4CCOCC4)C3=O)C(=O)N21. The smallest absolute Gasteiger partial charge is 0.274 e. The van der Waals surface area contributed by atoms with E-state index >= 15 is 0 Å². The van der Waals surface area contributed by atoms with E-state index in [1.807, 2.05) is 6.08 Å². The largest absolute Gasteiger partial charge is 0.379 e. The van der Waals surface area contributed by atoms with Crippen LogP contribution in [0.3, 0.4) is 0 Å². The molecule has 0 aromatic carbocycles. The maximum Gasteiger partial charge on any atom is 0.274 e. The summed E-state index contributed by atoms with van der Waals surface area (Å²) in [4.78, 5) is 29.7. The minimum Gasteiger partial charge on any atom is -0.379 e. The molecule has 5 aliphatic rings. The second-order valence-corrected chi connectivity index (χ2v) is 7.27. The van der Waals surface area contributed by atoms with E-state index in [1.54, 1.807) is 4.90 Å². The number of amides is 2. The van der Waals surface area contributed by atoms with Crippen LogP contribution in [0.15, 0.2) is 23.2 Å². The highest BCUT2D eigenvalue weighted by molar-refractivity contribution is 6.10. The highest BCUT2D eigenvalue weighted by Gasteiger charge is 2.45. The van der Waals surface area contributed by atoms with Crippen molar-refractivity contribution in [1.82, 2.24) is 25.5 Å². The van der Waals surface area contributed by atoms with Crippen molar-refractivity contribution in [2.45, 2.75) is 18.9 Å². The van der Waals surface area contributed by atoms with Gasteiger partial charge in [0.1, 0.15) is 12.9 Å². The Bertz CT molecular complexity index is 713. The van der Waals surface area contributed by atoms with Crippen molar-refractivity contribution in [2.24, 2.45) is 5.92 Å². The Morgan fingerprint density at radius 2 is 2.00 bits per heavy atom. The van der Waals surface area contributed by atoms with Gasteiger partial charge >= 0.3 is 0 Å². The van der Waals surface area contributed by atoms with Crippen LogP contribution in [0.1, 0.15) is 12.8 Å². The van der Waals surface area contributed by atoms with Crippen LogP contribution in [0, 0.1) is 5.92 Å². The Morgan fingerprint density at radius 1 is 1.20 bits per heavy atom. The molecule has 4 heterocycles. The molecule has 5 rings (SSSR count). The number of rotatable bonds is 4. The lowest BCUT2D eigenvalue weighted by Gasteiger charge is -2.28. The molecular formula is C17H23N5O3. The summed E-state index contributed by atoms with van der Waals surface area (Å²) in [7, 11) is 0. The van der Waals surface area contributed by atoms with Crippen molar-refractivity contribution in [3.8, 4) is 0 Å². The molecular weight excluding hydrogens is 322 g/mol. The fourth-order valence-corrected chi connectivity index (χ4v) is 3.84. The average Bonchev–Trinajstić information content (AvgIpc) is 3.37. The summed E-state index contributed by atoms with van der Waals surface area (Å²) in [6.45, 7) is 4.91. The van der Waals surface area contributed by atoms with Gasteiger partial charge < -0.3 is 15.0 Å². The Labute approximate surface area is 147 Å².